The van der Waals surface area contributed by atoms with E-state index in [1.165, 1.54) is 11.8 Å². The molecule has 0 unspecified atom stereocenters. The summed E-state index contributed by atoms with van der Waals surface area (Å²) in [7, 11) is 3.47. The summed E-state index contributed by atoms with van der Waals surface area (Å²) in [5.41, 5.74) is 0.779. The third-order valence-corrected chi connectivity index (χ3v) is 3.36. The summed E-state index contributed by atoms with van der Waals surface area (Å²) < 4.78 is 6.88. The molecule has 0 bridgehead atoms. The van der Waals surface area contributed by atoms with Crippen molar-refractivity contribution in [1.29, 1.82) is 0 Å². The van der Waals surface area contributed by atoms with Crippen LogP contribution in [0.15, 0.2) is 34.7 Å². The summed E-state index contributed by atoms with van der Waals surface area (Å²) in [6.07, 6.45) is 3.32. The lowest BCUT2D eigenvalue weighted by Gasteiger charge is -2.04. The average Bonchev–Trinajstić information content (AvgIpc) is 2.71. The van der Waals surface area contributed by atoms with E-state index in [2.05, 4.69) is 9.97 Å². The Hall–Kier alpha value is -1.53. The fourth-order valence-corrected chi connectivity index (χ4v) is 2.10. The molecule has 0 aliphatic carbocycles. The van der Waals surface area contributed by atoms with Crippen LogP contribution in [-0.4, -0.2) is 26.8 Å². The smallest absolute Gasteiger partial charge is 0.174 e. The highest BCUT2D eigenvalue weighted by Gasteiger charge is 2.08. The Morgan fingerprint density at radius 1 is 1.35 bits per heavy atom. The molecular weight excluding hydrogens is 238 g/mol. The standard InChI is InChI=1S/C11H13N3O2S/c1-14-8(7-15)5-13-11(14)17-10-4-3-9(16-2)6-12-10/h3-6,15H,7H2,1-2H3. The van der Waals surface area contributed by atoms with Gasteiger partial charge in [0.25, 0.3) is 0 Å². The topological polar surface area (TPSA) is 60.2 Å². The van der Waals surface area contributed by atoms with Gasteiger partial charge in [-0.15, -0.1) is 0 Å². The van der Waals surface area contributed by atoms with Crippen molar-refractivity contribution in [3.63, 3.8) is 0 Å². The van der Waals surface area contributed by atoms with E-state index >= 15 is 0 Å². The molecule has 2 rings (SSSR count). The number of hydrogen-bond acceptors (Lipinski definition) is 5. The van der Waals surface area contributed by atoms with E-state index in [0.29, 0.717) is 0 Å². The molecule has 0 radical (unpaired) electrons. The van der Waals surface area contributed by atoms with Crippen LogP contribution in [0.2, 0.25) is 0 Å². The molecule has 0 atom stereocenters. The SMILES string of the molecule is COc1ccc(Sc2ncc(CO)n2C)nc1. The summed E-state index contributed by atoms with van der Waals surface area (Å²) in [5.74, 6) is 0.727. The van der Waals surface area contributed by atoms with Gasteiger partial charge in [-0.2, -0.15) is 0 Å². The number of aliphatic hydroxyl groups is 1. The molecule has 0 saturated carbocycles. The molecule has 17 heavy (non-hydrogen) atoms. The van der Waals surface area contributed by atoms with Crippen LogP contribution < -0.4 is 4.74 Å². The van der Waals surface area contributed by atoms with Crippen molar-refractivity contribution in [3.05, 3.63) is 30.2 Å². The van der Waals surface area contributed by atoms with Crippen molar-refractivity contribution >= 4 is 11.8 Å². The second kappa shape index (κ2) is 5.20. The lowest BCUT2D eigenvalue weighted by atomic mass is 10.5. The van der Waals surface area contributed by atoms with Gasteiger partial charge in [0, 0.05) is 7.05 Å². The molecule has 2 heterocycles. The quantitative estimate of drug-likeness (QED) is 0.891. The first kappa shape index (κ1) is 11.9. The van der Waals surface area contributed by atoms with E-state index in [1.54, 1.807) is 19.5 Å². The molecule has 0 saturated heterocycles. The molecule has 2 aromatic heterocycles. The summed E-state index contributed by atoms with van der Waals surface area (Å²) in [4.78, 5) is 8.46. The highest BCUT2D eigenvalue weighted by atomic mass is 32.2. The normalized spacial score (nSPS) is 10.5. The van der Waals surface area contributed by atoms with Gasteiger partial charge in [0.2, 0.25) is 0 Å². The number of hydrogen-bond donors (Lipinski definition) is 1. The van der Waals surface area contributed by atoms with Crippen molar-refractivity contribution in [2.75, 3.05) is 7.11 Å². The van der Waals surface area contributed by atoms with Crippen molar-refractivity contribution < 1.29 is 9.84 Å². The Balaban J connectivity index is 2.16. The molecule has 0 aliphatic heterocycles. The van der Waals surface area contributed by atoms with Gasteiger partial charge in [0.05, 0.1) is 31.8 Å². The van der Waals surface area contributed by atoms with Crippen molar-refractivity contribution in [2.24, 2.45) is 7.05 Å². The Morgan fingerprint density at radius 3 is 2.71 bits per heavy atom. The number of imidazole rings is 1. The Labute approximate surface area is 103 Å². The minimum atomic E-state index is -0.0138. The number of ether oxygens (including phenoxy) is 1. The predicted octanol–water partition coefficient (Wildman–Crippen LogP) is 1.47. The maximum atomic E-state index is 9.06. The lowest BCUT2D eigenvalue weighted by Crippen LogP contribution is -1.97. The molecule has 1 N–H and O–H groups in total. The summed E-state index contributed by atoms with van der Waals surface area (Å²) in [6.45, 7) is -0.0138. The van der Waals surface area contributed by atoms with Crippen LogP contribution in [0.4, 0.5) is 0 Å². The summed E-state index contributed by atoms with van der Waals surface area (Å²) >= 11 is 1.44. The predicted molar refractivity (Wildman–Crippen MR) is 64.0 cm³/mol. The van der Waals surface area contributed by atoms with Gasteiger partial charge in [-0.05, 0) is 23.9 Å². The third-order valence-electron chi connectivity index (χ3n) is 2.34. The third kappa shape index (κ3) is 2.59. The maximum absolute atomic E-state index is 9.06. The van der Waals surface area contributed by atoms with Crippen LogP contribution in [0.3, 0.4) is 0 Å². The van der Waals surface area contributed by atoms with E-state index in [-0.39, 0.29) is 6.61 Å². The van der Waals surface area contributed by atoms with Gasteiger partial charge in [-0.1, -0.05) is 0 Å². The van der Waals surface area contributed by atoms with E-state index in [9.17, 15) is 0 Å². The fourth-order valence-electron chi connectivity index (χ4n) is 1.31. The molecule has 90 valence electrons. The fraction of sp³-hybridized carbons (Fsp3) is 0.273. The van der Waals surface area contributed by atoms with Crippen LogP contribution in [-0.2, 0) is 13.7 Å². The Kier molecular flexibility index (Phi) is 3.65. The molecule has 0 aliphatic rings. The number of pyridine rings is 1. The maximum Gasteiger partial charge on any atom is 0.174 e. The van der Waals surface area contributed by atoms with Gasteiger partial charge in [-0.3, -0.25) is 0 Å². The second-order valence-electron chi connectivity index (χ2n) is 3.39. The monoisotopic (exact) mass is 251 g/mol. The molecule has 0 aromatic carbocycles. The van der Waals surface area contributed by atoms with Crippen LogP contribution in [0.25, 0.3) is 0 Å². The van der Waals surface area contributed by atoms with E-state index < -0.39 is 0 Å². The molecular formula is C11H13N3O2S. The minimum Gasteiger partial charge on any atom is -0.495 e. The zero-order valence-corrected chi connectivity index (χ0v) is 10.4. The first-order chi connectivity index (χ1) is 8.24. The minimum absolute atomic E-state index is 0.0138. The zero-order valence-electron chi connectivity index (χ0n) is 9.62. The average molecular weight is 251 g/mol. The zero-order chi connectivity index (χ0) is 12.3. The van der Waals surface area contributed by atoms with Crippen molar-refractivity contribution in [3.8, 4) is 5.75 Å². The molecule has 0 fully saturated rings. The largest absolute Gasteiger partial charge is 0.495 e. The van der Waals surface area contributed by atoms with E-state index in [4.69, 9.17) is 9.84 Å². The summed E-state index contributed by atoms with van der Waals surface area (Å²) in [5, 5.41) is 10.7. The second-order valence-corrected chi connectivity index (χ2v) is 4.38. The number of rotatable bonds is 4. The first-order valence-corrected chi connectivity index (χ1v) is 5.85. The van der Waals surface area contributed by atoms with Crippen LogP contribution in [0.1, 0.15) is 5.69 Å². The van der Waals surface area contributed by atoms with Crippen LogP contribution in [0.5, 0.6) is 5.75 Å². The van der Waals surface area contributed by atoms with Gasteiger partial charge in [-0.25, -0.2) is 9.97 Å². The van der Waals surface area contributed by atoms with E-state index in [1.807, 2.05) is 23.7 Å². The molecule has 5 nitrogen and oxygen atoms in total. The van der Waals surface area contributed by atoms with Gasteiger partial charge in [0.1, 0.15) is 10.8 Å². The van der Waals surface area contributed by atoms with Crippen LogP contribution in [0, 0.1) is 0 Å². The van der Waals surface area contributed by atoms with Gasteiger partial charge in [0.15, 0.2) is 5.16 Å². The highest BCUT2D eigenvalue weighted by molar-refractivity contribution is 7.99. The molecule has 6 heteroatoms. The number of nitrogens with zero attached hydrogens (tertiary/aromatic N) is 3. The highest BCUT2D eigenvalue weighted by Crippen LogP contribution is 2.26. The number of methoxy groups -OCH3 is 1. The van der Waals surface area contributed by atoms with Gasteiger partial charge < -0.3 is 14.4 Å². The number of aromatic nitrogens is 3. The molecule has 0 amide bonds. The molecule has 0 spiro atoms. The molecule has 2 aromatic rings. The number of aliphatic hydroxyl groups excluding tert-OH is 1. The van der Waals surface area contributed by atoms with E-state index in [0.717, 1.165) is 21.6 Å². The Bertz CT molecular complexity index is 496. The van der Waals surface area contributed by atoms with Crippen molar-refractivity contribution in [2.45, 2.75) is 16.8 Å². The lowest BCUT2D eigenvalue weighted by molar-refractivity contribution is 0.271. The van der Waals surface area contributed by atoms with Crippen molar-refractivity contribution in [1.82, 2.24) is 14.5 Å². The Morgan fingerprint density at radius 2 is 2.18 bits per heavy atom. The first-order valence-electron chi connectivity index (χ1n) is 5.04. The summed E-state index contributed by atoms with van der Waals surface area (Å²) in [6, 6.07) is 3.72. The van der Waals surface area contributed by atoms with Crippen LogP contribution >= 0.6 is 11.8 Å². The van der Waals surface area contributed by atoms with Gasteiger partial charge >= 0.3 is 0 Å².